The molecule has 0 aromatic heterocycles. The number of hydrogen-bond acceptors (Lipinski definition) is 2. The molecule has 0 amide bonds. The predicted octanol–water partition coefficient (Wildman–Crippen LogP) is 0.774. The fourth-order valence-electron chi connectivity index (χ4n) is 0.369. The van der Waals surface area contributed by atoms with Crippen LogP contribution in [0.3, 0.4) is 0 Å². The number of rotatable bonds is 4. The van der Waals surface area contributed by atoms with E-state index in [1.807, 2.05) is 6.92 Å². The summed E-state index contributed by atoms with van der Waals surface area (Å²) in [5.74, 6) is 0. The highest BCUT2D eigenvalue weighted by Gasteiger charge is 1.93. The summed E-state index contributed by atoms with van der Waals surface area (Å²) in [5, 5.41) is 8.60. The van der Waals surface area contributed by atoms with E-state index in [1.54, 1.807) is 0 Å². The van der Waals surface area contributed by atoms with Gasteiger partial charge in [0.1, 0.15) is 0 Å². The van der Waals surface area contributed by atoms with Crippen LogP contribution in [0, 0.1) is 6.92 Å². The molecule has 0 spiro atoms. The molecular formula is C7H13O2. The van der Waals surface area contributed by atoms with Crippen molar-refractivity contribution in [3.8, 4) is 0 Å². The van der Waals surface area contributed by atoms with Crippen LogP contribution in [0.15, 0.2) is 12.2 Å². The van der Waals surface area contributed by atoms with Crippen molar-refractivity contribution in [1.29, 1.82) is 0 Å². The van der Waals surface area contributed by atoms with Crippen LogP contribution in [-0.4, -0.2) is 24.4 Å². The van der Waals surface area contributed by atoms with E-state index >= 15 is 0 Å². The molecule has 9 heavy (non-hydrogen) atoms. The molecule has 0 fully saturated rings. The Kier molecular flexibility index (Phi) is 4.36. The van der Waals surface area contributed by atoms with Crippen molar-refractivity contribution in [2.24, 2.45) is 0 Å². The average molecular weight is 129 g/mol. The largest absolute Gasteiger partial charge is 0.391 e. The minimum Gasteiger partial charge on any atom is -0.391 e. The lowest BCUT2D eigenvalue weighted by Crippen LogP contribution is -2.11. The van der Waals surface area contributed by atoms with E-state index in [4.69, 9.17) is 9.84 Å². The molecule has 0 aliphatic heterocycles. The predicted molar refractivity (Wildman–Crippen MR) is 37.0 cm³/mol. The van der Waals surface area contributed by atoms with Gasteiger partial charge in [-0.15, -0.1) is 0 Å². The van der Waals surface area contributed by atoms with E-state index in [0.29, 0.717) is 6.61 Å². The summed E-state index contributed by atoms with van der Waals surface area (Å²) >= 11 is 0. The molecule has 0 heterocycles. The van der Waals surface area contributed by atoms with Crippen molar-refractivity contribution in [2.45, 2.75) is 13.0 Å². The van der Waals surface area contributed by atoms with Crippen LogP contribution in [0.25, 0.3) is 0 Å². The minimum atomic E-state index is -0.621. The summed E-state index contributed by atoms with van der Waals surface area (Å²) in [5.41, 5.74) is 0.954. The molecule has 1 unspecified atom stereocenters. The van der Waals surface area contributed by atoms with Crippen LogP contribution >= 0.6 is 0 Å². The molecule has 0 bridgehead atoms. The maximum Gasteiger partial charge on any atom is 0.0774 e. The quantitative estimate of drug-likeness (QED) is 0.568. The second kappa shape index (κ2) is 4.53. The molecule has 0 aliphatic carbocycles. The van der Waals surface area contributed by atoms with Crippen LogP contribution in [0.5, 0.6) is 0 Å². The molecule has 53 valence electrons. The molecule has 0 saturated heterocycles. The number of aliphatic hydroxyl groups is 1. The van der Waals surface area contributed by atoms with Gasteiger partial charge < -0.3 is 9.84 Å². The lowest BCUT2D eigenvalue weighted by Gasteiger charge is -2.04. The van der Waals surface area contributed by atoms with Crippen LogP contribution in [-0.2, 0) is 4.74 Å². The van der Waals surface area contributed by atoms with Crippen molar-refractivity contribution >= 4 is 0 Å². The highest BCUT2D eigenvalue weighted by atomic mass is 16.5. The van der Waals surface area contributed by atoms with Crippen LogP contribution in [0.2, 0.25) is 0 Å². The molecule has 2 heteroatoms. The zero-order valence-corrected chi connectivity index (χ0v) is 5.76. The number of hydrogen-bond donors (Lipinski definition) is 1. The van der Waals surface area contributed by atoms with Crippen LogP contribution in [0.1, 0.15) is 6.92 Å². The van der Waals surface area contributed by atoms with Crippen molar-refractivity contribution in [3.63, 3.8) is 0 Å². The molecular weight excluding hydrogens is 116 g/mol. The molecule has 1 radical (unpaired) electrons. The van der Waals surface area contributed by atoms with E-state index in [9.17, 15) is 0 Å². The van der Waals surface area contributed by atoms with Crippen LogP contribution in [0.4, 0.5) is 0 Å². The van der Waals surface area contributed by atoms with E-state index < -0.39 is 6.10 Å². The van der Waals surface area contributed by atoms with Gasteiger partial charge >= 0.3 is 0 Å². The Labute approximate surface area is 56.1 Å². The Morgan fingerprint density at radius 2 is 2.33 bits per heavy atom. The molecule has 0 aromatic carbocycles. The van der Waals surface area contributed by atoms with Gasteiger partial charge in [-0.05, 0) is 13.8 Å². The van der Waals surface area contributed by atoms with Gasteiger partial charge in [-0.1, -0.05) is 12.2 Å². The van der Waals surface area contributed by atoms with E-state index in [-0.39, 0.29) is 6.61 Å². The van der Waals surface area contributed by atoms with Gasteiger partial charge in [0.05, 0.1) is 19.3 Å². The molecule has 0 rings (SSSR count). The Hall–Kier alpha value is -0.340. The fraction of sp³-hybridized carbons (Fsp3) is 0.571. The molecule has 2 nitrogen and oxygen atoms in total. The zero-order chi connectivity index (χ0) is 7.28. The SMILES string of the molecule is [CH2]C(O)COCC(=C)C. The van der Waals surface area contributed by atoms with Gasteiger partial charge in [0.25, 0.3) is 0 Å². The van der Waals surface area contributed by atoms with E-state index in [0.717, 1.165) is 5.57 Å². The summed E-state index contributed by atoms with van der Waals surface area (Å²) in [6.45, 7) is 9.62. The minimum absolute atomic E-state index is 0.285. The van der Waals surface area contributed by atoms with Gasteiger partial charge in [0.15, 0.2) is 0 Å². The summed E-state index contributed by atoms with van der Waals surface area (Å²) < 4.78 is 4.94. The Morgan fingerprint density at radius 1 is 1.78 bits per heavy atom. The second-order valence-corrected chi connectivity index (χ2v) is 2.13. The summed E-state index contributed by atoms with van der Waals surface area (Å²) in [7, 11) is 0. The number of aliphatic hydroxyl groups excluding tert-OH is 1. The van der Waals surface area contributed by atoms with Crippen molar-refractivity contribution in [3.05, 3.63) is 19.1 Å². The molecule has 0 saturated carbocycles. The monoisotopic (exact) mass is 129 g/mol. The normalized spacial score (nSPS) is 13.2. The Balaban J connectivity index is 3.01. The second-order valence-electron chi connectivity index (χ2n) is 2.13. The van der Waals surface area contributed by atoms with Gasteiger partial charge in [-0.3, -0.25) is 0 Å². The average Bonchev–Trinajstić information content (AvgIpc) is 1.63. The molecule has 1 N–H and O–H groups in total. The van der Waals surface area contributed by atoms with Crippen LogP contribution < -0.4 is 0 Å². The summed E-state index contributed by atoms with van der Waals surface area (Å²) in [4.78, 5) is 0. The van der Waals surface area contributed by atoms with Gasteiger partial charge in [-0.2, -0.15) is 0 Å². The van der Waals surface area contributed by atoms with Crippen molar-refractivity contribution in [2.75, 3.05) is 13.2 Å². The number of ether oxygens (including phenoxy) is 1. The lowest BCUT2D eigenvalue weighted by atomic mass is 10.4. The zero-order valence-electron chi connectivity index (χ0n) is 5.76. The first-order valence-corrected chi connectivity index (χ1v) is 2.86. The lowest BCUT2D eigenvalue weighted by molar-refractivity contribution is 0.0704. The molecule has 0 aliphatic rings. The van der Waals surface area contributed by atoms with Crippen molar-refractivity contribution < 1.29 is 9.84 Å². The van der Waals surface area contributed by atoms with E-state index in [1.165, 1.54) is 0 Å². The maximum atomic E-state index is 8.60. The third-order valence-corrected chi connectivity index (χ3v) is 0.659. The van der Waals surface area contributed by atoms with Gasteiger partial charge in [-0.25, -0.2) is 0 Å². The van der Waals surface area contributed by atoms with Gasteiger partial charge in [0.2, 0.25) is 0 Å². The van der Waals surface area contributed by atoms with Gasteiger partial charge in [0, 0.05) is 0 Å². The first-order chi connectivity index (χ1) is 4.13. The standard InChI is InChI=1S/C7H13O2/c1-6(2)4-9-5-7(3)8/h7-8H,1,3-5H2,2H3. The Bertz CT molecular complexity index is 86.9. The summed E-state index contributed by atoms with van der Waals surface area (Å²) in [6.07, 6.45) is -0.621. The third kappa shape index (κ3) is 7.66. The summed E-state index contributed by atoms with van der Waals surface area (Å²) in [6, 6.07) is 0. The fourth-order valence-corrected chi connectivity index (χ4v) is 0.369. The molecule has 1 atom stereocenters. The maximum absolute atomic E-state index is 8.60. The highest BCUT2D eigenvalue weighted by Crippen LogP contribution is 1.89. The highest BCUT2D eigenvalue weighted by molar-refractivity contribution is 4.87. The Morgan fingerprint density at radius 3 is 2.67 bits per heavy atom. The molecule has 0 aromatic rings. The first kappa shape index (κ1) is 8.66. The smallest absolute Gasteiger partial charge is 0.0774 e. The topological polar surface area (TPSA) is 29.5 Å². The third-order valence-electron chi connectivity index (χ3n) is 0.659. The van der Waals surface area contributed by atoms with E-state index in [2.05, 4.69) is 13.5 Å². The first-order valence-electron chi connectivity index (χ1n) is 2.86. The van der Waals surface area contributed by atoms with Crippen molar-refractivity contribution in [1.82, 2.24) is 0 Å².